The highest BCUT2D eigenvalue weighted by atomic mass is 79.9. The highest BCUT2D eigenvalue weighted by Crippen LogP contribution is 2.29. The SMILES string of the molecule is CCn1ncc(Br)c1C(CSc1cccc(F)c1)NC. The van der Waals surface area contributed by atoms with Gasteiger partial charge in [0, 0.05) is 17.2 Å². The fourth-order valence-corrected chi connectivity index (χ4v) is 3.63. The predicted octanol–water partition coefficient (Wildman–Crippen LogP) is 3.86. The molecule has 0 aliphatic carbocycles. The van der Waals surface area contributed by atoms with Gasteiger partial charge in [0.05, 0.1) is 22.4 Å². The van der Waals surface area contributed by atoms with Crippen LogP contribution in [0.1, 0.15) is 18.7 Å². The fraction of sp³-hybridized carbons (Fsp3) is 0.357. The highest BCUT2D eigenvalue weighted by molar-refractivity contribution is 9.10. The summed E-state index contributed by atoms with van der Waals surface area (Å²) >= 11 is 5.17. The molecule has 0 spiro atoms. The van der Waals surface area contributed by atoms with E-state index in [0.29, 0.717) is 0 Å². The van der Waals surface area contributed by atoms with Crippen LogP contribution in [0.5, 0.6) is 0 Å². The quantitative estimate of drug-likeness (QED) is 0.796. The molecule has 1 heterocycles. The van der Waals surface area contributed by atoms with Crippen LogP contribution in [0.4, 0.5) is 4.39 Å². The van der Waals surface area contributed by atoms with Crippen LogP contribution in [-0.2, 0) is 6.54 Å². The number of nitrogens with zero attached hydrogens (tertiary/aromatic N) is 2. The first kappa shape index (κ1) is 15.5. The van der Waals surface area contributed by atoms with Gasteiger partial charge >= 0.3 is 0 Å². The Bertz CT molecular complexity index is 573. The third kappa shape index (κ3) is 3.62. The van der Waals surface area contributed by atoms with Crippen molar-refractivity contribution in [2.45, 2.75) is 24.4 Å². The van der Waals surface area contributed by atoms with Crippen molar-refractivity contribution < 1.29 is 4.39 Å². The van der Waals surface area contributed by atoms with Gasteiger partial charge in [0.2, 0.25) is 0 Å². The number of hydrogen-bond acceptors (Lipinski definition) is 3. The summed E-state index contributed by atoms with van der Waals surface area (Å²) in [6.07, 6.45) is 1.82. The van der Waals surface area contributed by atoms with Gasteiger partial charge in [-0.2, -0.15) is 5.10 Å². The van der Waals surface area contributed by atoms with E-state index in [1.165, 1.54) is 6.07 Å². The van der Waals surface area contributed by atoms with E-state index in [1.807, 2.05) is 24.0 Å². The Morgan fingerprint density at radius 3 is 2.95 bits per heavy atom. The molecule has 1 N–H and O–H groups in total. The van der Waals surface area contributed by atoms with Crippen LogP contribution in [-0.4, -0.2) is 22.6 Å². The van der Waals surface area contributed by atoms with Gasteiger partial charge in [0.1, 0.15) is 5.82 Å². The summed E-state index contributed by atoms with van der Waals surface area (Å²) in [4.78, 5) is 0.934. The van der Waals surface area contributed by atoms with E-state index in [4.69, 9.17) is 0 Å². The predicted molar refractivity (Wildman–Crippen MR) is 84.5 cm³/mol. The van der Waals surface area contributed by atoms with Gasteiger partial charge in [-0.1, -0.05) is 6.07 Å². The lowest BCUT2D eigenvalue weighted by molar-refractivity contribution is 0.547. The van der Waals surface area contributed by atoms with Gasteiger partial charge in [-0.15, -0.1) is 11.8 Å². The highest BCUT2D eigenvalue weighted by Gasteiger charge is 2.18. The summed E-state index contributed by atoms with van der Waals surface area (Å²) < 4.78 is 16.1. The molecular weight excluding hydrogens is 341 g/mol. The van der Waals surface area contributed by atoms with E-state index in [9.17, 15) is 4.39 Å². The molecule has 0 aliphatic heterocycles. The maximum absolute atomic E-state index is 13.2. The van der Waals surface area contributed by atoms with Gasteiger partial charge in [-0.3, -0.25) is 4.68 Å². The molecule has 0 radical (unpaired) electrons. The number of thioether (sulfide) groups is 1. The molecule has 0 saturated carbocycles. The van der Waals surface area contributed by atoms with Crippen molar-refractivity contribution >= 4 is 27.7 Å². The summed E-state index contributed by atoms with van der Waals surface area (Å²) in [6.45, 7) is 2.89. The Hall–Kier alpha value is -0.850. The van der Waals surface area contributed by atoms with Crippen molar-refractivity contribution in [1.82, 2.24) is 15.1 Å². The fourth-order valence-electron chi connectivity index (χ4n) is 2.01. The number of halogens is 2. The number of aromatic nitrogens is 2. The first-order valence-electron chi connectivity index (χ1n) is 6.42. The molecule has 0 saturated heterocycles. The van der Waals surface area contributed by atoms with Crippen molar-refractivity contribution in [1.29, 1.82) is 0 Å². The van der Waals surface area contributed by atoms with Crippen LogP contribution in [0.15, 0.2) is 39.8 Å². The lowest BCUT2D eigenvalue weighted by Crippen LogP contribution is -2.22. The van der Waals surface area contributed by atoms with Crippen molar-refractivity contribution in [3.8, 4) is 0 Å². The topological polar surface area (TPSA) is 29.9 Å². The van der Waals surface area contributed by atoms with Gasteiger partial charge < -0.3 is 5.32 Å². The minimum Gasteiger partial charge on any atom is -0.311 e. The van der Waals surface area contributed by atoms with E-state index < -0.39 is 0 Å². The molecule has 0 bridgehead atoms. The Kier molecular flexibility index (Phi) is 5.63. The van der Waals surface area contributed by atoms with E-state index in [0.717, 1.165) is 27.4 Å². The van der Waals surface area contributed by atoms with Crippen LogP contribution >= 0.6 is 27.7 Å². The summed E-state index contributed by atoms with van der Waals surface area (Å²) in [6, 6.07) is 6.83. The molecule has 6 heteroatoms. The Balaban J connectivity index is 2.11. The molecule has 1 unspecified atom stereocenters. The van der Waals surface area contributed by atoms with Crippen LogP contribution < -0.4 is 5.32 Å². The lowest BCUT2D eigenvalue weighted by atomic mass is 10.2. The summed E-state index contributed by atoms with van der Waals surface area (Å²) in [5.74, 6) is 0.611. The minimum atomic E-state index is -0.198. The zero-order valence-corrected chi connectivity index (χ0v) is 13.8. The largest absolute Gasteiger partial charge is 0.311 e. The molecule has 0 amide bonds. The molecular formula is C14H17BrFN3S. The van der Waals surface area contributed by atoms with Crippen molar-refractivity contribution in [2.75, 3.05) is 12.8 Å². The number of benzene rings is 1. The molecule has 2 rings (SSSR count). The maximum atomic E-state index is 13.2. The van der Waals surface area contributed by atoms with Crippen LogP contribution in [0.25, 0.3) is 0 Å². The van der Waals surface area contributed by atoms with Crippen molar-refractivity contribution in [3.63, 3.8) is 0 Å². The van der Waals surface area contributed by atoms with Gasteiger partial charge in [-0.05, 0) is 48.1 Å². The normalized spacial score (nSPS) is 12.6. The Morgan fingerprint density at radius 1 is 1.50 bits per heavy atom. The Morgan fingerprint density at radius 2 is 2.30 bits per heavy atom. The third-order valence-corrected chi connectivity index (χ3v) is 4.72. The molecule has 1 atom stereocenters. The van der Waals surface area contributed by atoms with E-state index in [1.54, 1.807) is 23.9 Å². The molecule has 0 aliphatic rings. The third-order valence-electron chi connectivity index (χ3n) is 3.02. The van der Waals surface area contributed by atoms with E-state index >= 15 is 0 Å². The van der Waals surface area contributed by atoms with Crippen molar-refractivity contribution in [3.05, 3.63) is 46.4 Å². The summed E-state index contributed by atoms with van der Waals surface area (Å²) in [5.41, 5.74) is 1.12. The minimum absolute atomic E-state index is 0.153. The smallest absolute Gasteiger partial charge is 0.124 e. The average Bonchev–Trinajstić information content (AvgIpc) is 2.81. The molecule has 108 valence electrons. The Labute approximate surface area is 131 Å². The maximum Gasteiger partial charge on any atom is 0.124 e. The summed E-state index contributed by atoms with van der Waals surface area (Å²) in [5, 5.41) is 7.63. The molecule has 3 nitrogen and oxygen atoms in total. The van der Waals surface area contributed by atoms with E-state index in [2.05, 4.69) is 33.3 Å². The summed E-state index contributed by atoms with van der Waals surface area (Å²) in [7, 11) is 1.93. The second-order valence-electron chi connectivity index (χ2n) is 4.30. The number of aryl methyl sites for hydroxylation is 1. The second-order valence-corrected chi connectivity index (χ2v) is 6.25. The van der Waals surface area contributed by atoms with Crippen LogP contribution in [0.3, 0.4) is 0 Å². The number of rotatable bonds is 6. The van der Waals surface area contributed by atoms with Crippen LogP contribution in [0, 0.1) is 5.82 Å². The molecule has 1 aromatic carbocycles. The molecule has 20 heavy (non-hydrogen) atoms. The second kappa shape index (κ2) is 7.24. The van der Waals surface area contributed by atoms with Crippen LogP contribution in [0.2, 0.25) is 0 Å². The standard InChI is InChI=1S/C14H17BrFN3S/c1-3-19-14(12(15)8-18-19)13(17-2)9-20-11-6-4-5-10(16)7-11/h4-8,13,17H,3,9H2,1-2H3. The lowest BCUT2D eigenvalue weighted by Gasteiger charge is -2.18. The van der Waals surface area contributed by atoms with Crippen molar-refractivity contribution in [2.24, 2.45) is 0 Å². The first-order valence-corrected chi connectivity index (χ1v) is 8.20. The van der Waals surface area contributed by atoms with E-state index in [-0.39, 0.29) is 11.9 Å². The average molecular weight is 358 g/mol. The monoisotopic (exact) mass is 357 g/mol. The number of hydrogen-bond donors (Lipinski definition) is 1. The van der Waals surface area contributed by atoms with Gasteiger partial charge in [-0.25, -0.2) is 4.39 Å². The first-order chi connectivity index (χ1) is 9.65. The zero-order chi connectivity index (χ0) is 14.5. The molecule has 1 aromatic heterocycles. The number of nitrogens with one attached hydrogen (secondary N) is 1. The zero-order valence-electron chi connectivity index (χ0n) is 11.4. The van der Waals surface area contributed by atoms with Gasteiger partial charge in [0.25, 0.3) is 0 Å². The molecule has 2 aromatic rings. The van der Waals surface area contributed by atoms with Gasteiger partial charge in [0.15, 0.2) is 0 Å². The molecule has 0 fully saturated rings.